The number of anilines is 1. The summed E-state index contributed by atoms with van der Waals surface area (Å²) in [6, 6.07) is 0. The Morgan fingerprint density at radius 3 is 2.74 bits per heavy atom. The number of methoxy groups -OCH3 is 1. The molecule has 2 rings (SSSR count). The van der Waals surface area contributed by atoms with Crippen LogP contribution in [0.4, 0.5) is 5.82 Å². The second-order valence-electron chi connectivity index (χ2n) is 5.59. The molecule has 0 radical (unpaired) electrons. The highest BCUT2D eigenvalue weighted by molar-refractivity contribution is 5.46. The van der Waals surface area contributed by atoms with Crippen LogP contribution in [-0.4, -0.2) is 29.2 Å². The van der Waals surface area contributed by atoms with Gasteiger partial charge in [0.05, 0.1) is 12.1 Å². The number of hydrogen-bond donors (Lipinski definition) is 1. The highest BCUT2D eigenvalue weighted by Crippen LogP contribution is 2.33. The average Bonchev–Trinajstić information content (AvgIpc) is 2.82. The van der Waals surface area contributed by atoms with Gasteiger partial charge in [-0.25, -0.2) is 9.97 Å². The van der Waals surface area contributed by atoms with Crippen molar-refractivity contribution in [1.29, 1.82) is 0 Å². The zero-order chi connectivity index (χ0) is 13.7. The fraction of sp³-hybridized carbons (Fsp3) is 0.733. The molecule has 4 nitrogen and oxygen atoms in total. The molecule has 1 N–H and O–H groups in total. The number of rotatable bonds is 6. The molecule has 0 spiro atoms. The molecular weight excluding hydrogens is 238 g/mol. The van der Waals surface area contributed by atoms with Gasteiger partial charge in [0.1, 0.15) is 11.6 Å². The van der Waals surface area contributed by atoms with E-state index < -0.39 is 0 Å². The summed E-state index contributed by atoms with van der Waals surface area (Å²) in [5, 5.41) is 3.67. The highest BCUT2D eigenvalue weighted by atomic mass is 16.5. The van der Waals surface area contributed by atoms with E-state index in [1.165, 1.54) is 18.4 Å². The maximum absolute atomic E-state index is 5.43. The van der Waals surface area contributed by atoms with E-state index in [1.807, 2.05) is 13.1 Å². The molecule has 1 fully saturated rings. The van der Waals surface area contributed by atoms with Crippen LogP contribution < -0.4 is 5.32 Å². The predicted molar refractivity (Wildman–Crippen MR) is 77.5 cm³/mol. The second-order valence-corrected chi connectivity index (χ2v) is 5.59. The Morgan fingerprint density at radius 2 is 2.11 bits per heavy atom. The minimum absolute atomic E-state index is 0.0675. The third kappa shape index (κ3) is 3.44. The SMILES string of the molecule is CCCc1cnc(C)nc1NC1(COC)CCCC1. The van der Waals surface area contributed by atoms with Crippen molar-refractivity contribution in [2.45, 2.75) is 57.9 Å². The molecule has 1 heterocycles. The van der Waals surface area contributed by atoms with Crippen LogP contribution in [-0.2, 0) is 11.2 Å². The Labute approximate surface area is 116 Å². The van der Waals surface area contributed by atoms with E-state index in [9.17, 15) is 0 Å². The first-order chi connectivity index (χ1) is 9.19. The van der Waals surface area contributed by atoms with E-state index in [1.54, 1.807) is 7.11 Å². The Kier molecular flexibility index (Phi) is 4.75. The summed E-state index contributed by atoms with van der Waals surface area (Å²) in [5.74, 6) is 1.83. The van der Waals surface area contributed by atoms with E-state index in [4.69, 9.17) is 4.74 Å². The van der Waals surface area contributed by atoms with Crippen molar-refractivity contribution < 1.29 is 4.74 Å². The summed E-state index contributed by atoms with van der Waals surface area (Å²) < 4.78 is 5.43. The Balaban J connectivity index is 2.22. The topological polar surface area (TPSA) is 47.0 Å². The highest BCUT2D eigenvalue weighted by Gasteiger charge is 2.34. The lowest BCUT2D eigenvalue weighted by Gasteiger charge is -2.31. The average molecular weight is 263 g/mol. The number of nitrogens with zero attached hydrogens (tertiary/aromatic N) is 2. The molecule has 0 bridgehead atoms. The first kappa shape index (κ1) is 14.3. The van der Waals surface area contributed by atoms with Crippen molar-refractivity contribution in [3.8, 4) is 0 Å². The number of aromatic nitrogens is 2. The van der Waals surface area contributed by atoms with Crippen LogP contribution in [0.3, 0.4) is 0 Å². The monoisotopic (exact) mass is 263 g/mol. The Bertz CT molecular complexity index is 414. The van der Waals surface area contributed by atoms with Crippen LogP contribution in [0.25, 0.3) is 0 Å². The lowest BCUT2D eigenvalue weighted by atomic mass is 9.98. The summed E-state index contributed by atoms with van der Waals surface area (Å²) in [4.78, 5) is 8.92. The minimum atomic E-state index is 0.0675. The first-order valence-corrected chi connectivity index (χ1v) is 7.29. The van der Waals surface area contributed by atoms with Gasteiger partial charge in [0.2, 0.25) is 0 Å². The summed E-state index contributed by atoms with van der Waals surface area (Å²) in [5.41, 5.74) is 1.29. The molecule has 0 atom stereocenters. The van der Waals surface area contributed by atoms with Gasteiger partial charge in [-0.15, -0.1) is 0 Å². The second kappa shape index (κ2) is 6.33. The molecule has 4 heteroatoms. The maximum atomic E-state index is 5.43. The van der Waals surface area contributed by atoms with Crippen LogP contribution in [0.2, 0.25) is 0 Å². The van der Waals surface area contributed by atoms with Crippen LogP contribution >= 0.6 is 0 Å². The molecule has 0 amide bonds. The number of ether oxygens (including phenoxy) is 1. The maximum Gasteiger partial charge on any atom is 0.133 e. The van der Waals surface area contributed by atoms with Gasteiger partial charge >= 0.3 is 0 Å². The molecule has 1 aromatic rings. The molecule has 1 aromatic heterocycles. The molecule has 19 heavy (non-hydrogen) atoms. The van der Waals surface area contributed by atoms with Crippen molar-refractivity contribution in [2.75, 3.05) is 19.0 Å². The van der Waals surface area contributed by atoms with Crippen molar-refractivity contribution in [3.05, 3.63) is 17.6 Å². The van der Waals surface area contributed by atoms with Gasteiger partial charge in [0, 0.05) is 18.9 Å². The standard InChI is InChI=1S/C15H25N3O/c1-4-7-13-10-16-12(2)17-14(13)18-15(11-19-3)8-5-6-9-15/h10H,4-9,11H2,1-3H3,(H,16,17,18). The predicted octanol–water partition coefficient (Wildman–Crippen LogP) is 3.11. The summed E-state index contributed by atoms with van der Waals surface area (Å²) >= 11 is 0. The smallest absolute Gasteiger partial charge is 0.133 e. The van der Waals surface area contributed by atoms with Gasteiger partial charge in [-0.3, -0.25) is 0 Å². The molecule has 0 unspecified atom stereocenters. The van der Waals surface area contributed by atoms with Gasteiger partial charge in [-0.05, 0) is 26.2 Å². The van der Waals surface area contributed by atoms with Crippen LogP contribution in [0.1, 0.15) is 50.4 Å². The van der Waals surface area contributed by atoms with E-state index in [-0.39, 0.29) is 5.54 Å². The van der Waals surface area contributed by atoms with E-state index in [0.29, 0.717) is 0 Å². The molecule has 0 saturated heterocycles. The van der Waals surface area contributed by atoms with Crippen molar-refractivity contribution in [3.63, 3.8) is 0 Å². The Morgan fingerprint density at radius 1 is 1.37 bits per heavy atom. The van der Waals surface area contributed by atoms with Gasteiger partial charge in [-0.1, -0.05) is 26.2 Å². The third-order valence-corrected chi connectivity index (χ3v) is 3.87. The lowest BCUT2D eigenvalue weighted by Crippen LogP contribution is -2.40. The summed E-state index contributed by atoms with van der Waals surface area (Å²) in [6.07, 6.45) is 8.95. The quantitative estimate of drug-likeness (QED) is 0.856. The van der Waals surface area contributed by atoms with Gasteiger partial charge in [-0.2, -0.15) is 0 Å². The molecular formula is C15H25N3O. The fourth-order valence-electron chi connectivity index (χ4n) is 2.94. The van der Waals surface area contributed by atoms with Crippen LogP contribution in [0.15, 0.2) is 6.20 Å². The number of hydrogen-bond acceptors (Lipinski definition) is 4. The Hall–Kier alpha value is -1.16. The normalized spacial score (nSPS) is 17.6. The summed E-state index contributed by atoms with van der Waals surface area (Å²) in [7, 11) is 1.78. The first-order valence-electron chi connectivity index (χ1n) is 7.29. The zero-order valence-corrected chi connectivity index (χ0v) is 12.3. The van der Waals surface area contributed by atoms with Gasteiger partial charge in [0.25, 0.3) is 0 Å². The summed E-state index contributed by atoms with van der Waals surface area (Å²) in [6.45, 7) is 4.88. The molecule has 0 aromatic carbocycles. The van der Waals surface area contributed by atoms with Crippen LogP contribution in [0.5, 0.6) is 0 Å². The fourth-order valence-corrected chi connectivity index (χ4v) is 2.94. The van der Waals surface area contributed by atoms with E-state index in [2.05, 4.69) is 22.2 Å². The molecule has 1 aliphatic carbocycles. The van der Waals surface area contributed by atoms with Crippen molar-refractivity contribution in [1.82, 2.24) is 9.97 Å². The number of aryl methyl sites for hydroxylation is 2. The zero-order valence-electron chi connectivity index (χ0n) is 12.3. The van der Waals surface area contributed by atoms with E-state index >= 15 is 0 Å². The van der Waals surface area contributed by atoms with Crippen molar-refractivity contribution >= 4 is 5.82 Å². The largest absolute Gasteiger partial charge is 0.382 e. The van der Waals surface area contributed by atoms with E-state index in [0.717, 1.165) is 43.9 Å². The van der Waals surface area contributed by atoms with Crippen molar-refractivity contribution in [2.24, 2.45) is 0 Å². The number of nitrogens with one attached hydrogen (secondary N) is 1. The minimum Gasteiger partial charge on any atom is -0.382 e. The van der Waals surface area contributed by atoms with Gasteiger partial charge < -0.3 is 10.1 Å². The van der Waals surface area contributed by atoms with Gasteiger partial charge in [0.15, 0.2) is 0 Å². The molecule has 106 valence electrons. The molecule has 1 aliphatic rings. The lowest BCUT2D eigenvalue weighted by molar-refractivity contribution is 0.145. The third-order valence-electron chi connectivity index (χ3n) is 3.87. The van der Waals surface area contributed by atoms with Crippen LogP contribution in [0, 0.1) is 6.92 Å². The molecule has 1 saturated carbocycles. The molecule has 0 aliphatic heterocycles.